The molecule has 4 aromatic rings. The van der Waals surface area contributed by atoms with Gasteiger partial charge in [0.1, 0.15) is 11.7 Å². The minimum atomic E-state index is -1.25. The number of aromatic amines is 1. The van der Waals surface area contributed by atoms with Crippen LogP contribution >= 0.6 is 22.7 Å². The zero-order valence-electron chi connectivity index (χ0n) is 18.3. The largest absolute Gasteiger partial charge is 0.494 e. The number of benzene rings is 1. The molecule has 0 radical (unpaired) electrons. The van der Waals surface area contributed by atoms with Crippen LogP contribution in [0.1, 0.15) is 22.2 Å². The maximum atomic E-state index is 14.2. The van der Waals surface area contributed by atoms with Crippen LogP contribution in [-0.2, 0) is 16.0 Å². The van der Waals surface area contributed by atoms with Crippen LogP contribution in [0.25, 0.3) is 11.3 Å². The number of imidazole rings is 1. The number of carbonyl (C=O) groups excluding carboxylic acids is 2. The van der Waals surface area contributed by atoms with Crippen molar-refractivity contribution in [2.45, 2.75) is 12.5 Å². The SMILES string of the molecule is COC(=O)c1csc(NC(=O)[C@H](Cc2cscn2)n2c(O)c(-c3ccc(OC)c(F)c3)[nH]c2=O)n1. The minimum Gasteiger partial charge on any atom is -0.494 e. The number of halogens is 1. The van der Waals surface area contributed by atoms with Crippen molar-refractivity contribution in [1.29, 1.82) is 0 Å². The van der Waals surface area contributed by atoms with Gasteiger partial charge in [0.2, 0.25) is 11.8 Å². The fraction of sp³-hybridized carbons (Fsp3) is 0.190. The summed E-state index contributed by atoms with van der Waals surface area (Å²) in [5.41, 5.74) is 1.39. The second-order valence-electron chi connectivity index (χ2n) is 7.07. The van der Waals surface area contributed by atoms with Crippen molar-refractivity contribution in [3.63, 3.8) is 0 Å². The number of aromatic nitrogens is 4. The lowest BCUT2D eigenvalue weighted by atomic mass is 10.1. The van der Waals surface area contributed by atoms with Crippen LogP contribution in [0.4, 0.5) is 9.52 Å². The molecule has 0 aliphatic carbocycles. The molecular formula is C21H18FN5O6S2. The molecule has 0 bridgehead atoms. The zero-order chi connectivity index (χ0) is 25.1. The van der Waals surface area contributed by atoms with Crippen LogP contribution in [0.2, 0.25) is 0 Å². The summed E-state index contributed by atoms with van der Waals surface area (Å²) in [5, 5.41) is 16.7. The normalized spacial score (nSPS) is 11.7. The molecule has 0 saturated carbocycles. The third-order valence-electron chi connectivity index (χ3n) is 4.97. The maximum Gasteiger partial charge on any atom is 0.357 e. The molecule has 0 unspecified atom stereocenters. The van der Waals surface area contributed by atoms with Crippen molar-refractivity contribution < 1.29 is 28.6 Å². The van der Waals surface area contributed by atoms with Crippen LogP contribution in [0.15, 0.2) is 39.3 Å². The molecule has 0 aliphatic rings. The highest BCUT2D eigenvalue weighted by molar-refractivity contribution is 7.14. The monoisotopic (exact) mass is 519 g/mol. The Morgan fingerprint density at radius 1 is 1.31 bits per heavy atom. The van der Waals surface area contributed by atoms with Gasteiger partial charge in [-0.25, -0.2) is 28.5 Å². The molecule has 11 nitrogen and oxygen atoms in total. The van der Waals surface area contributed by atoms with E-state index in [4.69, 9.17) is 4.74 Å². The Morgan fingerprint density at radius 3 is 2.77 bits per heavy atom. The van der Waals surface area contributed by atoms with Gasteiger partial charge in [0, 0.05) is 22.7 Å². The molecule has 4 rings (SSSR count). The number of anilines is 1. The quantitative estimate of drug-likeness (QED) is 0.301. The maximum absolute atomic E-state index is 14.2. The number of esters is 1. The zero-order valence-corrected chi connectivity index (χ0v) is 19.9. The van der Waals surface area contributed by atoms with Gasteiger partial charge in [0.05, 0.1) is 25.4 Å². The van der Waals surface area contributed by atoms with Gasteiger partial charge in [-0.1, -0.05) is 0 Å². The Morgan fingerprint density at radius 2 is 2.11 bits per heavy atom. The molecule has 35 heavy (non-hydrogen) atoms. The van der Waals surface area contributed by atoms with E-state index in [1.54, 1.807) is 10.9 Å². The minimum absolute atomic E-state index is 0.00864. The van der Waals surface area contributed by atoms with Gasteiger partial charge in [-0.05, 0) is 18.2 Å². The molecule has 14 heteroatoms. The second-order valence-corrected chi connectivity index (χ2v) is 8.64. The Labute approximate surface area is 204 Å². The van der Waals surface area contributed by atoms with Gasteiger partial charge in [-0.2, -0.15) is 0 Å². The Kier molecular flexibility index (Phi) is 6.93. The first kappa shape index (κ1) is 24.1. The number of rotatable bonds is 8. The van der Waals surface area contributed by atoms with E-state index < -0.39 is 35.3 Å². The first-order valence-corrected chi connectivity index (χ1v) is 11.7. The first-order valence-electron chi connectivity index (χ1n) is 9.91. The molecule has 1 aromatic carbocycles. The van der Waals surface area contributed by atoms with E-state index in [2.05, 4.69) is 25.0 Å². The molecule has 3 aromatic heterocycles. The summed E-state index contributed by atoms with van der Waals surface area (Å²) in [7, 11) is 2.52. The molecular weight excluding hydrogens is 501 g/mol. The van der Waals surface area contributed by atoms with Crippen molar-refractivity contribution in [3.8, 4) is 22.9 Å². The molecule has 1 atom stereocenters. The lowest BCUT2D eigenvalue weighted by molar-refractivity contribution is -0.119. The summed E-state index contributed by atoms with van der Waals surface area (Å²) in [6.07, 6.45) is -0.0354. The fourth-order valence-corrected chi connectivity index (χ4v) is 4.56. The van der Waals surface area contributed by atoms with E-state index in [1.807, 2.05) is 0 Å². The topological polar surface area (TPSA) is 148 Å². The number of aromatic hydroxyl groups is 1. The third kappa shape index (κ3) is 4.93. The average Bonchev–Trinajstić information content (AvgIpc) is 3.58. The Bertz CT molecular complexity index is 1430. The summed E-state index contributed by atoms with van der Waals surface area (Å²) in [6.45, 7) is 0. The van der Waals surface area contributed by atoms with E-state index in [9.17, 15) is 23.9 Å². The number of carbonyl (C=O) groups is 2. The van der Waals surface area contributed by atoms with Crippen molar-refractivity contribution >= 4 is 39.7 Å². The lowest BCUT2D eigenvalue weighted by Crippen LogP contribution is -2.33. The highest BCUT2D eigenvalue weighted by Crippen LogP contribution is 2.32. The number of nitrogens with one attached hydrogen (secondary N) is 2. The summed E-state index contributed by atoms with van der Waals surface area (Å²) in [6, 6.07) is 2.65. The number of hydrogen-bond donors (Lipinski definition) is 3. The standard InChI is InChI=1S/C21H18FN5O6S2/c1-32-15-4-3-10(5-12(15)22)16-18(29)27(21(31)25-16)14(6-11-7-34-9-23-11)17(28)26-20-24-13(8-35-20)19(30)33-2/h3-5,7-9,14,29H,6H2,1-2H3,(H,25,31)(H,24,26,28)/t14-/m0/s1. The van der Waals surface area contributed by atoms with Gasteiger partial charge in [-0.15, -0.1) is 22.7 Å². The van der Waals surface area contributed by atoms with E-state index in [0.717, 1.165) is 22.0 Å². The van der Waals surface area contributed by atoms with Gasteiger partial charge >= 0.3 is 11.7 Å². The molecule has 182 valence electrons. The highest BCUT2D eigenvalue weighted by atomic mass is 32.1. The van der Waals surface area contributed by atoms with E-state index in [1.165, 1.54) is 43.1 Å². The molecule has 3 heterocycles. The van der Waals surface area contributed by atoms with E-state index in [-0.39, 0.29) is 34.3 Å². The fourth-order valence-electron chi connectivity index (χ4n) is 3.31. The number of thiazole rings is 2. The van der Waals surface area contributed by atoms with Crippen molar-refractivity contribution in [1.82, 2.24) is 19.5 Å². The van der Waals surface area contributed by atoms with Crippen LogP contribution in [0.5, 0.6) is 11.6 Å². The highest BCUT2D eigenvalue weighted by Gasteiger charge is 2.29. The average molecular weight is 520 g/mol. The van der Waals surface area contributed by atoms with Crippen molar-refractivity contribution in [3.05, 3.63) is 62.2 Å². The number of amides is 1. The number of nitrogens with zero attached hydrogens (tertiary/aromatic N) is 3. The predicted molar refractivity (Wildman–Crippen MR) is 126 cm³/mol. The molecule has 0 saturated heterocycles. The smallest absolute Gasteiger partial charge is 0.357 e. The number of ether oxygens (including phenoxy) is 2. The molecule has 0 fully saturated rings. The van der Waals surface area contributed by atoms with Crippen LogP contribution in [0.3, 0.4) is 0 Å². The Hall–Kier alpha value is -4.04. The summed E-state index contributed by atoms with van der Waals surface area (Å²) < 4.78 is 24.6. The van der Waals surface area contributed by atoms with Crippen LogP contribution < -0.4 is 15.7 Å². The van der Waals surface area contributed by atoms with Crippen molar-refractivity contribution in [2.75, 3.05) is 19.5 Å². The third-order valence-corrected chi connectivity index (χ3v) is 6.37. The van der Waals surface area contributed by atoms with E-state index >= 15 is 0 Å². The molecule has 1 amide bonds. The van der Waals surface area contributed by atoms with Crippen molar-refractivity contribution in [2.24, 2.45) is 0 Å². The second kappa shape index (κ2) is 10.1. The first-order chi connectivity index (χ1) is 16.8. The van der Waals surface area contributed by atoms with Crippen LogP contribution in [0, 0.1) is 5.82 Å². The van der Waals surface area contributed by atoms with Gasteiger partial charge in [0.15, 0.2) is 22.4 Å². The number of H-pyrrole nitrogens is 1. The summed E-state index contributed by atoms with van der Waals surface area (Å²) in [4.78, 5) is 48.4. The predicted octanol–water partition coefficient (Wildman–Crippen LogP) is 2.82. The molecule has 0 aliphatic heterocycles. The van der Waals surface area contributed by atoms with Gasteiger partial charge < -0.3 is 24.9 Å². The number of methoxy groups -OCH3 is 2. The number of hydrogen-bond acceptors (Lipinski definition) is 10. The summed E-state index contributed by atoms with van der Waals surface area (Å²) in [5.74, 6) is -2.63. The van der Waals surface area contributed by atoms with Crippen LogP contribution in [-0.4, -0.2) is 50.7 Å². The lowest BCUT2D eigenvalue weighted by Gasteiger charge is -2.17. The van der Waals surface area contributed by atoms with E-state index in [0.29, 0.717) is 5.69 Å². The summed E-state index contributed by atoms with van der Waals surface area (Å²) >= 11 is 2.29. The van der Waals surface area contributed by atoms with Gasteiger partial charge in [-0.3, -0.25) is 4.79 Å². The molecule has 0 spiro atoms. The Balaban J connectivity index is 1.71. The van der Waals surface area contributed by atoms with Gasteiger partial charge in [0.25, 0.3) is 0 Å². The molecule has 3 N–H and O–H groups in total.